The molecule has 2 fully saturated rings. The molecule has 3 heterocycles. The molecule has 8 nitrogen and oxygen atoms in total. The predicted octanol–water partition coefficient (Wildman–Crippen LogP) is 2.37. The lowest BCUT2D eigenvalue weighted by Gasteiger charge is -2.34. The average Bonchev–Trinajstić information content (AvgIpc) is 3.26. The number of hydrogen-bond donors (Lipinski definition) is 0. The van der Waals surface area contributed by atoms with Crippen molar-refractivity contribution in [2.75, 3.05) is 4.90 Å². The molecule has 152 valence electrons. The van der Waals surface area contributed by atoms with Gasteiger partial charge in [-0.15, -0.1) is 0 Å². The summed E-state index contributed by atoms with van der Waals surface area (Å²) in [6.45, 7) is 2.29. The summed E-state index contributed by atoms with van der Waals surface area (Å²) < 4.78 is 16.9. The van der Waals surface area contributed by atoms with E-state index in [-0.39, 0.29) is 10.7 Å². The molecule has 0 unspecified atom stereocenters. The normalized spacial score (nSPS) is 29.6. The SMILES string of the molecule is CC(=O)OC(OC(C)=O)[C@@]12C=C[C@@H](O1)[C@@H]1C(=O)N(c3ccc(Br)cc3Cl)C(=O)[C@H]12. The quantitative estimate of drug-likeness (QED) is 0.280. The van der Waals surface area contributed by atoms with Crippen LogP contribution in [0.5, 0.6) is 0 Å². The van der Waals surface area contributed by atoms with Crippen molar-refractivity contribution in [2.45, 2.75) is 31.8 Å². The van der Waals surface area contributed by atoms with Gasteiger partial charge in [0, 0.05) is 18.3 Å². The fourth-order valence-electron chi connectivity index (χ4n) is 4.12. The molecule has 0 radical (unpaired) electrons. The van der Waals surface area contributed by atoms with Crippen molar-refractivity contribution in [1.29, 1.82) is 0 Å². The number of benzene rings is 1. The molecule has 0 spiro atoms. The van der Waals surface area contributed by atoms with E-state index < -0.39 is 53.6 Å². The molecule has 2 amide bonds. The number of nitrogens with zero attached hydrogens (tertiary/aromatic N) is 1. The number of halogens is 2. The van der Waals surface area contributed by atoms with Gasteiger partial charge >= 0.3 is 11.9 Å². The van der Waals surface area contributed by atoms with Crippen molar-refractivity contribution in [3.05, 3.63) is 39.8 Å². The molecule has 29 heavy (non-hydrogen) atoms. The first-order chi connectivity index (χ1) is 13.7. The van der Waals surface area contributed by atoms with E-state index in [9.17, 15) is 19.2 Å². The van der Waals surface area contributed by atoms with Gasteiger partial charge < -0.3 is 14.2 Å². The lowest BCUT2D eigenvalue weighted by atomic mass is 9.76. The fourth-order valence-corrected chi connectivity index (χ4v) is 4.87. The molecule has 0 aliphatic carbocycles. The third-order valence-corrected chi connectivity index (χ3v) is 5.94. The molecule has 0 N–H and O–H groups in total. The Morgan fingerprint density at radius 2 is 1.86 bits per heavy atom. The van der Waals surface area contributed by atoms with Crippen molar-refractivity contribution >= 4 is 57.0 Å². The van der Waals surface area contributed by atoms with Gasteiger partial charge in [-0.2, -0.15) is 0 Å². The number of amides is 2. The van der Waals surface area contributed by atoms with Gasteiger partial charge in [0.1, 0.15) is 0 Å². The zero-order valence-electron chi connectivity index (χ0n) is 15.3. The molecule has 3 aliphatic heterocycles. The van der Waals surface area contributed by atoms with Crippen molar-refractivity contribution in [3.63, 3.8) is 0 Å². The van der Waals surface area contributed by atoms with Crippen molar-refractivity contribution in [2.24, 2.45) is 11.8 Å². The molecule has 10 heteroatoms. The highest BCUT2D eigenvalue weighted by Crippen LogP contribution is 2.55. The lowest BCUT2D eigenvalue weighted by molar-refractivity contribution is -0.226. The minimum Gasteiger partial charge on any atom is -0.422 e. The molecule has 1 aromatic carbocycles. The van der Waals surface area contributed by atoms with Gasteiger partial charge in [-0.05, 0) is 24.3 Å². The number of ether oxygens (including phenoxy) is 3. The molecule has 0 aromatic heterocycles. The Kier molecular flexibility index (Phi) is 4.79. The van der Waals surface area contributed by atoms with Gasteiger partial charge in [-0.1, -0.05) is 33.6 Å². The van der Waals surface area contributed by atoms with Gasteiger partial charge in [0.2, 0.25) is 11.8 Å². The van der Waals surface area contributed by atoms with Crippen LogP contribution in [0.1, 0.15) is 13.8 Å². The Hall–Kier alpha value is -2.23. The first-order valence-corrected chi connectivity index (χ1v) is 9.87. The maximum atomic E-state index is 13.3. The summed E-state index contributed by atoms with van der Waals surface area (Å²) in [5, 5.41) is 0.216. The molecule has 3 aliphatic rings. The van der Waals surface area contributed by atoms with Crippen LogP contribution in [0, 0.1) is 11.8 Å². The minimum absolute atomic E-state index is 0.216. The van der Waals surface area contributed by atoms with Crippen LogP contribution in [0.3, 0.4) is 0 Å². The largest absolute Gasteiger partial charge is 0.422 e. The van der Waals surface area contributed by atoms with Gasteiger partial charge in [0.05, 0.1) is 28.6 Å². The van der Waals surface area contributed by atoms with Crippen LogP contribution in [0.15, 0.2) is 34.8 Å². The van der Waals surface area contributed by atoms with Crippen molar-refractivity contribution in [3.8, 4) is 0 Å². The first kappa shape index (κ1) is 20.1. The van der Waals surface area contributed by atoms with Gasteiger partial charge in [-0.25, -0.2) is 4.90 Å². The summed E-state index contributed by atoms with van der Waals surface area (Å²) in [5.41, 5.74) is -1.35. The number of fused-ring (bicyclic) bond motifs is 5. The van der Waals surface area contributed by atoms with Gasteiger partial charge in [-0.3, -0.25) is 19.2 Å². The second kappa shape index (κ2) is 6.93. The summed E-state index contributed by atoms with van der Waals surface area (Å²) in [7, 11) is 0. The van der Waals surface area contributed by atoms with Gasteiger partial charge in [0.25, 0.3) is 6.29 Å². The Bertz CT molecular complexity index is 963. The van der Waals surface area contributed by atoms with E-state index in [0.717, 1.165) is 18.7 Å². The number of anilines is 1. The Labute approximate surface area is 178 Å². The lowest BCUT2D eigenvalue weighted by Crippen LogP contribution is -2.52. The highest BCUT2D eigenvalue weighted by Gasteiger charge is 2.72. The van der Waals surface area contributed by atoms with Gasteiger partial charge in [0.15, 0.2) is 5.60 Å². The van der Waals surface area contributed by atoms with Crippen LogP contribution in [-0.4, -0.2) is 41.7 Å². The molecular formula is C19H15BrClNO7. The summed E-state index contributed by atoms with van der Waals surface area (Å²) in [6.07, 6.45) is 0.904. The van der Waals surface area contributed by atoms with Crippen LogP contribution in [-0.2, 0) is 33.4 Å². The zero-order chi connectivity index (χ0) is 21.1. The number of rotatable bonds is 4. The van der Waals surface area contributed by atoms with Crippen LogP contribution < -0.4 is 4.90 Å². The third-order valence-electron chi connectivity index (χ3n) is 5.14. The topological polar surface area (TPSA) is 99.2 Å². The van der Waals surface area contributed by atoms with E-state index in [2.05, 4.69) is 15.9 Å². The molecule has 1 aromatic rings. The fraction of sp³-hybridized carbons (Fsp3) is 0.368. The number of esters is 2. The van der Waals surface area contributed by atoms with Crippen molar-refractivity contribution in [1.82, 2.24) is 0 Å². The number of carbonyl (C=O) groups is 4. The standard InChI is InChI=1S/C19H15BrClNO7/c1-8(23)27-18(28-9(2)24)19-6-5-13(29-19)14-15(19)17(26)22(16(14)25)12-4-3-10(20)7-11(12)21/h3-7,13-15,18H,1-2H3/t13-,14+,15+,19+/m1/s1. The zero-order valence-corrected chi connectivity index (χ0v) is 17.6. The number of carbonyl (C=O) groups excluding carboxylic acids is 4. The minimum atomic E-state index is -1.59. The second-order valence-corrected chi connectivity index (χ2v) is 8.28. The molecule has 2 bridgehead atoms. The first-order valence-electron chi connectivity index (χ1n) is 8.70. The number of hydrogen-bond acceptors (Lipinski definition) is 7. The van der Waals surface area contributed by atoms with E-state index in [1.807, 2.05) is 0 Å². The highest BCUT2D eigenvalue weighted by molar-refractivity contribution is 9.10. The summed E-state index contributed by atoms with van der Waals surface area (Å²) in [6, 6.07) is 4.79. The van der Waals surface area contributed by atoms with Crippen LogP contribution >= 0.6 is 27.5 Å². The van der Waals surface area contributed by atoms with E-state index in [1.165, 1.54) is 6.08 Å². The molecular weight excluding hydrogens is 470 g/mol. The maximum absolute atomic E-state index is 13.3. The summed E-state index contributed by atoms with van der Waals surface area (Å²) in [5.74, 6) is -4.38. The van der Waals surface area contributed by atoms with Crippen LogP contribution in [0.2, 0.25) is 5.02 Å². The Balaban J connectivity index is 1.76. The Morgan fingerprint density at radius 1 is 1.21 bits per heavy atom. The molecule has 0 saturated carbocycles. The summed E-state index contributed by atoms with van der Waals surface area (Å²) in [4.78, 5) is 50.7. The van der Waals surface area contributed by atoms with Crippen LogP contribution in [0.4, 0.5) is 5.69 Å². The monoisotopic (exact) mass is 483 g/mol. The van der Waals surface area contributed by atoms with Crippen molar-refractivity contribution < 1.29 is 33.4 Å². The van der Waals surface area contributed by atoms with E-state index >= 15 is 0 Å². The highest BCUT2D eigenvalue weighted by atomic mass is 79.9. The van der Waals surface area contributed by atoms with E-state index in [1.54, 1.807) is 24.3 Å². The second-order valence-electron chi connectivity index (χ2n) is 6.96. The molecule has 4 atom stereocenters. The predicted molar refractivity (Wildman–Crippen MR) is 103 cm³/mol. The summed E-state index contributed by atoms with van der Waals surface area (Å²) >= 11 is 9.54. The van der Waals surface area contributed by atoms with E-state index in [4.69, 9.17) is 25.8 Å². The third kappa shape index (κ3) is 2.99. The average molecular weight is 485 g/mol. The molecule has 4 rings (SSSR count). The van der Waals surface area contributed by atoms with E-state index in [0.29, 0.717) is 4.47 Å². The number of imide groups is 1. The smallest absolute Gasteiger partial charge is 0.305 e. The molecule has 2 saturated heterocycles. The van der Waals surface area contributed by atoms with Crippen LogP contribution in [0.25, 0.3) is 0 Å². The maximum Gasteiger partial charge on any atom is 0.305 e. The Morgan fingerprint density at radius 3 is 2.45 bits per heavy atom.